The van der Waals surface area contributed by atoms with E-state index in [0.717, 1.165) is 22.9 Å². The first-order valence-electron chi connectivity index (χ1n) is 7.36. The number of rotatable bonds is 4. The second-order valence-corrected chi connectivity index (χ2v) is 5.55. The first-order chi connectivity index (χ1) is 10.7. The van der Waals surface area contributed by atoms with E-state index in [4.69, 9.17) is 4.74 Å². The molecule has 1 fully saturated rings. The predicted octanol–water partition coefficient (Wildman–Crippen LogP) is 1.80. The molecule has 1 aliphatic rings. The monoisotopic (exact) mass is 298 g/mol. The van der Waals surface area contributed by atoms with Crippen molar-refractivity contribution in [2.75, 3.05) is 20.2 Å². The third-order valence-electron chi connectivity index (χ3n) is 4.07. The van der Waals surface area contributed by atoms with Crippen molar-refractivity contribution in [1.29, 1.82) is 0 Å². The topological polar surface area (TPSA) is 59.5 Å². The van der Waals surface area contributed by atoms with Gasteiger partial charge < -0.3 is 9.64 Å². The molecule has 2 heterocycles. The van der Waals surface area contributed by atoms with Crippen LogP contribution in [0.5, 0.6) is 0 Å². The SMILES string of the molecule is COC(=O)C1CC(=O)N(CCc2cnc3ccccc3c2)C1. The van der Waals surface area contributed by atoms with Gasteiger partial charge in [-0.3, -0.25) is 14.6 Å². The van der Waals surface area contributed by atoms with Gasteiger partial charge in [-0.1, -0.05) is 18.2 Å². The van der Waals surface area contributed by atoms with Crippen molar-refractivity contribution in [3.8, 4) is 0 Å². The number of carbonyl (C=O) groups is 2. The molecule has 0 saturated carbocycles. The zero-order valence-corrected chi connectivity index (χ0v) is 12.5. The molecule has 0 spiro atoms. The Morgan fingerprint density at radius 3 is 3.05 bits per heavy atom. The van der Waals surface area contributed by atoms with Gasteiger partial charge in [-0.25, -0.2) is 0 Å². The summed E-state index contributed by atoms with van der Waals surface area (Å²) in [5.74, 6) is -0.611. The Balaban J connectivity index is 1.64. The minimum atomic E-state index is -0.327. The Morgan fingerprint density at radius 2 is 2.23 bits per heavy atom. The van der Waals surface area contributed by atoms with Gasteiger partial charge in [0.1, 0.15) is 0 Å². The lowest BCUT2D eigenvalue weighted by Crippen LogP contribution is -2.28. The molecule has 2 aromatic rings. The average Bonchev–Trinajstić information content (AvgIpc) is 2.93. The second kappa shape index (κ2) is 6.13. The van der Waals surface area contributed by atoms with Crippen LogP contribution in [-0.2, 0) is 20.7 Å². The van der Waals surface area contributed by atoms with Gasteiger partial charge in [0.05, 0.1) is 18.5 Å². The van der Waals surface area contributed by atoms with E-state index >= 15 is 0 Å². The van der Waals surface area contributed by atoms with Crippen molar-refractivity contribution in [2.45, 2.75) is 12.8 Å². The summed E-state index contributed by atoms with van der Waals surface area (Å²) in [4.78, 5) is 29.6. The molecule has 0 radical (unpaired) electrons. The number of amides is 1. The number of benzene rings is 1. The highest BCUT2D eigenvalue weighted by molar-refractivity contribution is 5.86. The molecular formula is C17H18N2O3. The Morgan fingerprint density at radius 1 is 1.41 bits per heavy atom. The van der Waals surface area contributed by atoms with Gasteiger partial charge in [0.25, 0.3) is 0 Å². The number of methoxy groups -OCH3 is 1. The average molecular weight is 298 g/mol. The standard InChI is InChI=1S/C17H18N2O3/c1-22-17(21)14-9-16(20)19(11-14)7-6-12-8-13-4-2-3-5-15(13)18-10-12/h2-5,8,10,14H,6-7,9,11H2,1H3. The summed E-state index contributed by atoms with van der Waals surface area (Å²) in [5, 5.41) is 1.10. The zero-order valence-electron chi connectivity index (χ0n) is 12.5. The van der Waals surface area contributed by atoms with Crippen molar-refractivity contribution in [3.63, 3.8) is 0 Å². The van der Waals surface area contributed by atoms with Gasteiger partial charge in [-0.15, -0.1) is 0 Å². The summed E-state index contributed by atoms with van der Waals surface area (Å²) in [6, 6.07) is 10.1. The lowest BCUT2D eigenvalue weighted by molar-refractivity contribution is -0.145. The number of likely N-dealkylation sites (tertiary alicyclic amines) is 1. The zero-order chi connectivity index (χ0) is 15.5. The maximum absolute atomic E-state index is 11.9. The van der Waals surface area contributed by atoms with Gasteiger partial charge in [-0.05, 0) is 24.1 Å². The molecule has 5 nitrogen and oxygen atoms in total. The van der Waals surface area contributed by atoms with Crippen LogP contribution < -0.4 is 0 Å². The molecule has 1 aromatic carbocycles. The van der Waals surface area contributed by atoms with E-state index in [-0.39, 0.29) is 24.2 Å². The highest BCUT2D eigenvalue weighted by atomic mass is 16.5. The molecule has 1 amide bonds. The smallest absolute Gasteiger partial charge is 0.310 e. The highest BCUT2D eigenvalue weighted by Gasteiger charge is 2.34. The fourth-order valence-electron chi connectivity index (χ4n) is 2.83. The van der Waals surface area contributed by atoms with Gasteiger partial charge in [0, 0.05) is 31.1 Å². The molecule has 1 saturated heterocycles. The number of nitrogens with zero attached hydrogens (tertiary/aromatic N) is 2. The second-order valence-electron chi connectivity index (χ2n) is 5.55. The number of hydrogen-bond acceptors (Lipinski definition) is 4. The van der Waals surface area contributed by atoms with Crippen LogP contribution in [0, 0.1) is 5.92 Å². The third-order valence-corrected chi connectivity index (χ3v) is 4.07. The molecule has 0 bridgehead atoms. The molecule has 22 heavy (non-hydrogen) atoms. The molecule has 1 unspecified atom stereocenters. The summed E-state index contributed by atoms with van der Waals surface area (Å²) in [7, 11) is 1.36. The molecule has 114 valence electrons. The molecule has 5 heteroatoms. The minimum absolute atomic E-state index is 0.0177. The summed E-state index contributed by atoms with van der Waals surface area (Å²) in [5.41, 5.74) is 2.06. The highest BCUT2D eigenvalue weighted by Crippen LogP contribution is 2.20. The predicted molar refractivity (Wildman–Crippen MR) is 82.2 cm³/mol. The van der Waals surface area contributed by atoms with E-state index < -0.39 is 0 Å². The van der Waals surface area contributed by atoms with Gasteiger partial charge in [0.15, 0.2) is 0 Å². The van der Waals surface area contributed by atoms with Crippen LogP contribution in [0.1, 0.15) is 12.0 Å². The van der Waals surface area contributed by atoms with E-state index in [9.17, 15) is 9.59 Å². The first-order valence-corrected chi connectivity index (χ1v) is 7.36. The van der Waals surface area contributed by atoms with Crippen LogP contribution in [-0.4, -0.2) is 42.0 Å². The quantitative estimate of drug-likeness (QED) is 0.808. The number of carbonyl (C=O) groups excluding carboxylic acids is 2. The molecular weight excluding hydrogens is 280 g/mol. The van der Waals surface area contributed by atoms with Gasteiger partial charge in [-0.2, -0.15) is 0 Å². The van der Waals surface area contributed by atoms with Crippen LogP contribution in [0.15, 0.2) is 36.5 Å². The normalized spacial score (nSPS) is 18.0. The lowest BCUT2D eigenvalue weighted by Gasteiger charge is -2.16. The third kappa shape index (κ3) is 2.93. The fourth-order valence-corrected chi connectivity index (χ4v) is 2.83. The van der Waals surface area contributed by atoms with Gasteiger partial charge >= 0.3 is 5.97 Å². The summed E-state index contributed by atoms with van der Waals surface area (Å²) in [6.45, 7) is 1.05. The van der Waals surface area contributed by atoms with Gasteiger partial charge in [0.2, 0.25) is 5.91 Å². The summed E-state index contributed by atoms with van der Waals surface area (Å²) in [6.07, 6.45) is 2.83. The first kappa shape index (κ1) is 14.5. The van der Waals surface area contributed by atoms with Crippen LogP contribution in [0.2, 0.25) is 0 Å². The number of esters is 1. The molecule has 3 rings (SSSR count). The van der Waals surface area contributed by atoms with Crippen LogP contribution >= 0.6 is 0 Å². The van der Waals surface area contributed by atoms with E-state index in [1.165, 1.54) is 7.11 Å². The molecule has 1 aliphatic heterocycles. The van der Waals surface area contributed by atoms with E-state index in [0.29, 0.717) is 13.1 Å². The molecule has 1 aromatic heterocycles. The minimum Gasteiger partial charge on any atom is -0.469 e. The fraction of sp³-hybridized carbons (Fsp3) is 0.353. The van der Waals surface area contributed by atoms with Crippen LogP contribution in [0.3, 0.4) is 0 Å². The number of aromatic nitrogens is 1. The Labute approximate surface area is 128 Å². The number of pyridine rings is 1. The largest absolute Gasteiger partial charge is 0.469 e. The number of hydrogen-bond donors (Lipinski definition) is 0. The summed E-state index contributed by atoms with van der Waals surface area (Å²) < 4.78 is 4.71. The number of ether oxygens (including phenoxy) is 1. The molecule has 0 aliphatic carbocycles. The van der Waals surface area contributed by atoms with Crippen molar-refractivity contribution in [3.05, 3.63) is 42.1 Å². The van der Waals surface area contributed by atoms with Crippen LogP contribution in [0.25, 0.3) is 10.9 Å². The van der Waals surface area contributed by atoms with Crippen molar-refractivity contribution in [2.24, 2.45) is 5.92 Å². The Kier molecular flexibility index (Phi) is 4.04. The maximum Gasteiger partial charge on any atom is 0.310 e. The van der Waals surface area contributed by atoms with E-state index in [1.807, 2.05) is 30.5 Å². The Hall–Kier alpha value is -2.43. The van der Waals surface area contributed by atoms with Crippen molar-refractivity contribution < 1.29 is 14.3 Å². The van der Waals surface area contributed by atoms with Crippen molar-refractivity contribution in [1.82, 2.24) is 9.88 Å². The van der Waals surface area contributed by atoms with Crippen molar-refractivity contribution >= 4 is 22.8 Å². The van der Waals surface area contributed by atoms with Crippen LogP contribution in [0.4, 0.5) is 0 Å². The van der Waals surface area contributed by atoms with E-state index in [1.54, 1.807) is 4.90 Å². The molecule has 1 atom stereocenters. The summed E-state index contributed by atoms with van der Waals surface area (Å²) >= 11 is 0. The Bertz CT molecular complexity index is 714. The number of para-hydroxylation sites is 1. The van der Waals surface area contributed by atoms with E-state index in [2.05, 4.69) is 11.1 Å². The molecule has 0 N–H and O–H groups in total. The lowest BCUT2D eigenvalue weighted by atomic mass is 10.1. The number of fused-ring (bicyclic) bond motifs is 1. The maximum atomic E-state index is 11.9.